The van der Waals surface area contributed by atoms with E-state index in [0.717, 1.165) is 17.8 Å². The maximum absolute atomic E-state index is 13.0. The molecule has 0 saturated heterocycles. The molecule has 1 atom stereocenters. The van der Waals surface area contributed by atoms with E-state index in [1.807, 2.05) is 20.8 Å². The molecule has 2 rings (SSSR count). The molecule has 1 amide bonds. The first-order valence-electron chi connectivity index (χ1n) is 7.07. The van der Waals surface area contributed by atoms with Crippen molar-refractivity contribution in [3.05, 3.63) is 47.0 Å². The first-order valence-corrected chi connectivity index (χ1v) is 7.07. The van der Waals surface area contributed by atoms with E-state index in [9.17, 15) is 9.18 Å². The maximum Gasteiger partial charge on any atom is 0.255 e. The highest BCUT2D eigenvalue weighted by Gasteiger charge is 2.20. The van der Waals surface area contributed by atoms with Crippen molar-refractivity contribution in [1.29, 1.82) is 0 Å². The molecule has 0 unspecified atom stereocenters. The minimum absolute atomic E-state index is 0.116. The SMILES string of the molecule is CC[C@H](C)NC(=O)c1c(C)nn(-c2ccc(F)cc2)c1C. The number of nitrogens with one attached hydrogen (secondary N) is 1. The summed E-state index contributed by atoms with van der Waals surface area (Å²) in [5, 5.41) is 7.35. The fourth-order valence-corrected chi connectivity index (χ4v) is 2.20. The van der Waals surface area contributed by atoms with Crippen molar-refractivity contribution < 1.29 is 9.18 Å². The smallest absolute Gasteiger partial charge is 0.255 e. The lowest BCUT2D eigenvalue weighted by molar-refractivity contribution is 0.0938. The minimum Gasteiger partial charge on any atom is -0.349 e. The van der Waals surface area contributed by atoms with Crippen LogP contribution in [0, 0.1) is 19.7 Å². The van der Waals surface area contributed by atoms with Gasteiger partial charge >= 0.3 is 0 Å². The average molecular weight is 289 g/mol. The third kappa shape index (κ3) is 3.12. The number of aromatic nitrogens is 2. The zero-order valence-corrected chi connectivity index (χ0v) is 12.8. The number of carbonyl (C=O) groups is 1. The number of rotatable bonds is 4. The molecule has 112 valence electrons. The van der Waals surface area contributed by atoms with Gasteiger partial charge in [0.15, 0.2) is 0 Å². The van der Waals surface area contributed by atoms with E-state index in [-0.39, 0.29) is 17.8 Å². The first kappa shape index (κ1) is 15.2. The van der Waals surface area contributed by atoms with E-state index < -0.39 is 0 Å². The molecule has 0 aliphatic carbocycles. The highest BCUT2D eigenvalue weighted by Crippen LogP contribution is 2.18. The normalized spacial score (nSPS) is 12.2. The van der Waals surface area contributed by atoms with Crippen molar-refractivity contribution in [3.63, 3.8) is 0 Å². The highest BCUT2D eigenvalue weighted by atomic mass is 19.1. The van der Waals surface area contributed by atoms with E-state index >= 15 is 0 Å². The van der Waals surface area contributed by atoms with Gasteiger partial charge in [-0.3, -0.25) is 4.79 Å². The van der Waals surface area contributed by atoms with Gasteiger partial charge in [-0.1, -0.05) is 6.92 Å². The summed E-state index contributed by atoms with van der Waals surface area (Å²) in [4.78, 5) is 12.3. The van der Waals surface area contributed by atoms with Crippen LogP contribution in [0.25, 0.3) is 5.69 Å². The fourth-order valence-electron chi connectivity index (χ4n) is 2.20. The van der Waals surface area contributed by atoms with Gasteiger partial charge in [0.25, 0.3) is 5.91 Å². The molecule has 4 nitrogen and oxygen atoms in total. The van der Waals surface area contributed by atoms with Gasteiger partial charge in [-0.05, 0) is 51.5 Å². The van der Waals surface area contributed by atoms with Crippen LogP contribution in [0.3, 0.4) is 0 Å². The molecular formula is C16H20FN3O. The molecule has 0 aliphatic rings. The second-order valence-corrected chi connectivity index (χ2v) is 5.22. The third-order valence-corrected chi connectivity index (χ3v) is 3.58. The number of nitrogens with zero attached hydrogens (tertiary/aromatic N) is 2. The van der Waals surface area contributed by atoms with Crippen LogP contribution in [-0.2, 0) is 0 Å². The molecule has 1 heterocycles. The molecule has 1 aromatic carbocycles. The number of aryl methyl sites for hydroxylation is 1. The fraction of sp³-hybridized carbons (Fsp3) is 0.375. The van der Waals surface area contributed by atoms with Crippen LogP contribution in [0.4, 0.5) is 4.39 Å². The standard InChI is InChI=1S/C16H20FN3O/c1-5-10(2)18-16(21)15-11(3)19-20(12(15)4)14-8-6-13(17)7-9-14/h6-10H,5H2,1-4H3,(H,18,21)/t10-/m0/s1. The molecule has 0 spiro atoms. The second-order valence-electron chi connectivity index (χ2n) is 5.22. The number of hydrogen-bond acceptors (Lipinski definition) is 2. The predicted molar refractivity (Wildman–Crippen MR) is 80.2 cm³/mol. The lowest BCUT2D eigenvalue weighted by Crippen LogP contribution is -2.32. The Labute approximate surface area is 124 Å². The van der Waals surface area contributed by atoms with Crippen molar-refractivity contribution in [2.45, 2.75) is 40.2 Å². The average Bonchev–Trinajstić information content (AvgIpc) is 2.74. The molecule has 1 aromatic heterocycles. The number of benzene rings is 1. The lowest BCUT2D eigenvalue weighted by Gasteiger charge is -2.11. The third-order valence-electron chi connectivity index (χ3n) is 3.58. The maximum atomic E-state index is 13.0. The van der Waals surface area contributed by atoms with Crippen molar-refractivity contribution >= 4 is 5.91 Å². The first-order chi connectivity index (χ1) is 9.93. The quantitative estimate of drug-likeness (QED) is 0.939. The van der Waals surface area contributed by atoms with Crippen LogP contribution in [0.1, 0.15) is 42.0 Å². The van der Waals surface area contributed by atoms with Gasteiger partial charge in [0.2, 0.25) is 0 Å². The van der Waals surface area contributed by atoms with Crippen LogP contribution in [-0.4, -0.2) is 21.7 Å². The molecule has 0 radical (unpaired) electrons. The molecule has 5 heteroatoms. The van der Waals surface area contributed by atoms with Crippen molar-refractivity contribution in [2.75, 3.05) is 0 Å². The molecule has 0 fully saturated rings. The topological polar surface area (TPSA) is 46.9 Å². The Morgan fingerprint density at radius 1 is 1.33 bits per heavy atom. The summed E-state index contributed by atoms with van der Waals surface area (Å²) in [6, 6.07) is 6.16. The molecular weight excluding hydrogens is 269 g/mol. The summed E-state index contributed by atoms with van der Waals surface area (Å²) in [5.41, 5.74) is 2.73. The molecule has 0 bridgehead atoms. The van der Waals surface area contributed by atoms with Gasteiger partial charge in [0.05, 0.1) is 22.6 Å². The number of amides is 1. The predicted octanol–water partition coefficient (Wildman–Crippen LogP) is 3.16. The van der Waals surface area contributed by atoms with Crippen molar-refractivity contribution in [2.24, 2.45) is 0 Å². The van der Waals surface area contributed by atoms with Crippen LogP contribution in [0.5, 0.6) is 0 Å². The Morgan fingerprint density at radius 2 is 1.95 bits per heavy atom. The summed E-state index contributed by atoms with van der Waals surface area (Å²) in [6.45, 7) is 7.63. The van der Waals surface area contributed by atoms with Crippen LogP contribution < -0.4 is 5.32 Å². The van der Waals surface area contributed by atoms with Crippen LogP contribution in [0.15, 0.2) is 24.3 Å². The Hall–Kier alpha value is -2.17. The summed E-state index contributed by atoms with van der Waals surface area (Å²) in [6.07, 6.45) is 0.871. The molecule has 21 heavy (non-hydrogen) atoms. The van der Waals surface area contributed by atoms with E-state index in [2.05, 4.69) is 10.4 Å². The lowest BCUT2D eigenvalue weighted by atomic mass is 10.1. The van der Waals surface area contributed by atoms with Gasteiger partial charge in [-0.15, -0.1) is 0 Å². The van der Waals surface area contributed by atoms with Gasteiger partial charge in [0, 0.05) is 6.04 Å². The summed E-state index contributed by atoms with van der Waals surface area (Å²) >= 11 is 0. The number of carbonyl (C=O) groups excluding carboxylic acids is 1. The van der Waals surface area contributed by atoms with E-state index in [1.165, 1.54) is 12.1 Å². The van der Waals surface area contributed by atoms with Crippen LogP contribution >= 0.6 is 0 Å². The Bertz CT molecular complexity index is 646. The largest absolute Gasteiger partial charge is 0.349 e. The zero-order valence-electron chi connectivity index (χ0n) is 12.8. The van der Waals surface area contributed by atoms with E-state index in [4.69, 9.17) is 0 Å². The molecule has 1 N–H and O–H groups in total. The minimum atomic E-state index is -0.296. The summed E-state index contributed by atoms with van der Waals surface area (Å²) < 4.78 is 14.7. The number of halogens is 1. The molecule has 2 aromatic rings. The van der Waals surface area contributed by atoms with Gasteiger partial charge in [-0.25, -0.2) is 9.07 Å². The van der Waals surface area contributed by atoms with E-state index in [1.54, 1.807) is 23.7 Å². The van der Waals surface area contributed by atoms with Gasteiger partial charge in [-0.2, -0.15) is 5.10 Å². The van der Waals surface area contributed by atoms with E-state index in [0.29, 0.717) is 11.3 Å². The zero-order chi connectivity index (χ0) is 15.6. The summed E-state index contributed by atoms with van der Waals surface area (Å²) in [5.74, 6) is -0.414. The van der Waals surface area contributed by atoms with Crippen molar-refractivity contribution in [3.8, 4) is 5.69 Å². The van der Waals surface area contributed by atoms with Crippen molar-refractivity contribution in [1.82, 2.24) is 15.1 Å². The van der Waals surface area contributed by atoms with Crippen LogP contribution in [0.2, 0.25) is 0 Å². The number of hydrogen-bond donors (Lipinski definition) is 1. The second kappa shape index (κ2) is 6.08. The monoisotopic (exact) mass is 289 g/mol. The highest BCUT2D eigenvalue weighted by molar-refractivity contribution is 5.96. The Kier molecular flexibility index (Phi) is 4.40. The van der Waals surface area contributed by atoms with Gasteiger partial charge < -0.3 is 5.32 Å². The Morgan fingerprint density at radius 3 is 2.52 bits per heavy atom. The summed E-state index contributed by atoms with van der Waals surface area (Å²) in [7, 11) is 0. The Balaban J connectivity index is 2.37. The molecule has 0 saturated carbocycles. The van der Waals surface area contributed by atoms with Gasteiger partial charge in [0.1, 0.15) is 5.82 Å². The molecule has 0 aliphatic heterocycles.